The van der Waals surface area contributed by atoms with E-state index >= 15 is 0 Å². The monoisotopic (exact) mass is 433 g/mol. The number of benzene rings is 2. The molecule has 0 fully saturated rings. The maximum atomic E-state index is 13.3. The van der Waals surface area contributed by atoms with E-state index in [1.165, 1.54) is 0 Å². The fourth-order valence-corrected chi connectivity index (χ4v) is 3.79. The van der Waals surface area contributed by atoms with E-state index < -0.39 is 0 Å². The molecule has 158 valence electrons. The molecular weight excluding hydrogens is 410 g/mol. The molecule has 0 bridgehead atoms. The molecule has 2 aromatic carbocycles. The Bertz CT molecular complexity index is 1210. The average Bonchev–Trinajstić information content (AvgIpc) is 2.78. The third-order valence-corrected chi connectivity index (χ3v) is 5.29. The molecule has 2 aromatic heterocycles. The standard InChI is InChI=1S/C25H24ClN3O2/c1-28(18-22-7-5-6-12-27-22)17-20-15-19-10-11-21(26)16-24(19)29(25(20)30)13-14-31-23-8-3-2-4-9-23/h2-12,15-16H,13-14,17-18H2,1H3. The van der Waals surface area contributed by atoms with Gasteiger partial charge in [-0.2, -0.15) is 0 Å². The first-order valence-electron chi connectivity index (χ1n) is 10.2. The van der Waals surface area contributed by atoms with Crippen molar-refractivity contribution in [3.05, 3.63) is 106 Å². The quantitative estimate of drug-likeness (QED) is 0.402. The van der Waals surface area contributed by atoms with E-state index in [2.05, 4.69) is 9.88 Å². The van der Waals surface area contributed by atoms with E-state index in [4.69, 9.17) is 16.3 Å². The van der Waals surface area contributed by atoms with E-state index in [1.54, 1.807) is 10.8 Å². The van der Waals surface area contributed by atoms with Crippen LogP contribution in [-0.4, -0.2) is 28.1 Å². The average molecular weight is 434 g/mol. The number of hydrogen-bond acceptors (Lipinski definition) is 4. The highest BCUT2D eigenvalue weighted by Gasteiger charge is 2.13. The van der Waals surface area contributed by atoms with E-state index in [-0.39, 0.29) is 5.56 Å². The van der Waals surface area contributed by atoms with Crippen LogP contribution in [0.3, 0.4) is 0 Å². The third-order valence-electron chi connectivity index (χ3n) is 5.06. The van der Waals surface area contributed by atoms with Crippen LogP contribution < -0.4 is 10.3 Å². The molecule has 0 unspecified atom stereocenters. The lowest BCUT2D eigenvalue weighted by molar-refractivity contribution is 0.295. The normalized spacial score (nSPS) is 11.2. The second-order valence-corrected chi connectivity index (χ2v) is 7.92. The summed E-state index contributed by atoms with van der Waals surface area (Å²) in [5.74, 6) is 0.782. The molecule has 0 radical (unpaired) electrons. The van der Waals surface area contributed by atoms with Crippen LogP contribution in [0.15, 0.2) is 83.8 Å². The van der Waals surface area contributed by atoms with Crippen LogP contribution in [0.1, 0.15) is 11.3 Å². The molecule has 0 aliphatic carbocycles. The number of ether oxygens (including phenoxy) is 1. The molecule has 4 aromatic rings. The summed E-state index contributed by atoms with van der Waals surface area (Å²) in [6.45, 7) is 2.00. The Balaban J connectivity index is 1.59. The van der Waals surface area contributed by atoms with Crippen molar-refractivity contribution in [1.29, 1.82) is 0 Å². The van der Waals surface area contributed by atoms with Gasteiger partial charge in [-0.3, -0.25) is 14.7 Å². The molecule has 0 saturated carbocycles. The van der Waals surface area contributed by atoms with Gasteiger partial charge in [-0.15, -0.1) is 0 Å². The van der Waals surface area contributed by atoms with Gasteiger partial charge >= 0.3 is 0 Å². The fraction of sp³-hybridized carbons (Fsp3) is 0.200. The van der Waals surface area contributed by atoms with E-state index in [9.17, 15) is 4.79 Å². The van der Waals surface area contributed by atoms with E-state index in [0.717, 1.165) is 27.9 Å². The van der Waals surface area contributed by atoms with Crippen molar-refractivity contribution < 1.29 is 4.74 Å². The molecule has 0 aliphatic heterocycles. The molecule has 5 nitrogen and oxygen atoms in total. The Labute approximate surface area is 186 Å². The minimum absolute atomic E-state index is 0.0284. The SMILES string of the molecule is CN(Cc1ccccn1)Cc1cc2ccc(Cl)cc2n(CCOc2ccccc2)c1=O. The molecule has 31 heavy (non-hydrogen) atoms. The van der Waals surface area contributed by atoms with Gasteiger partial charge in [0.25, 0.3) is 5.56 Å². The van der Waals surface area contributed by atoms with Crippen LogP contribution in [0.5, 0.6) is 5.75 Å². The first-order valence-corrected chi connectivity index (χ1v) is 10.6. The first kappa shape index (κ1) is 21.1. The molecule has 0 spiro atoms. The Kier molecular flexibility index (Phi) is 6.65. The van der Waals surface area contributed by atoms with Gasteiger partial charge < -0.3 is 9.30 Å². The summed E-state index contributed by atoms with van der Waals surface area (Å²) in [5.41, 5.74) is 2.48. The number of hydrogen-bond donors (Lipinski definition) is 0. The number of pyridine rings is 2. The second-order valence-electron chi connectivity index (χ2n) is 7.48. The van der Waals surface area contributed by atoms with Gasteiger partial charge in [0.15, 0.2) is 0 Å². The third kappa shape index (κ3) is 5.32. The van der Waals surface area contributed by atoms with E-state index in [0.29, 0.717) is 31.3 Å². The van der Waals surface area contributed by atoms with Gasteiger partial charge in [0.1, 0.15) is 12.4 Å². The van der Waals surface area contributed by atoms with Crippen LogP contribution in [0.25, 0.3) is 10.9 Å². The summed E-state index contributed by atoms with van der Waals surface area (Å²) in [5, 5.41) is 1.58. The van der Waals surface area contributed by atoms with Crippen LogP contribution >= 0.6 is 11.6 Å². The molecule has 0 N–H and O–H groups in total. The largest absolute Gasteiger partial charge is 0.492 e. The molecular formula is C25H24ClN3O2. The fourth-order valence-electron chi connectivity index (χ4n) is 3.63. The van der Waals surface area contributed by atoms with Crippen LogP contribution in [0.2, 0.25) is 5.02 Å². The summed E-state index contributed by atoms with van der Waals surface area (Å²) in [7, 11) is 1.99. The minimum Gasteiger partial charge on any atom is -0.492 e. The highest BCUT2D eigenvalue weighted by molar-refractivity contribution is 6.31. The predicted octanol–water partition coefficient (Wildman–Crippen LogP) is 4.76. The van der Waals surface area contributed by atoms with Crippen molar-refractivity contribution in [1.82, 2.24) is 14.5 Å². The molecule has 4 rings (SSSR count). The lowest BCUT2D eigenvalue weighted by Crippen LogP contribution is -2.30. The number of fused-ring (bicyclic) bond motifs is 1. The van der Waals surface area contributed by atoms with Crippen LogP contribution in [0, 0.1) is 0 Å². The maximum absolute atomic E-state index is 13.3. The molecule has 0 aliphatic rings. The van der Waals surface area contributed by atoms with Gasteiger partial charge in [0.05, 0.1) is 17.8 Å². The molecule has 0 amide bonds. The Morgan fingerprint density at radius 1 is 1.00 bits per heavy atom. The number of rotatable bonds is 8. The van der Waals surface area contributed by atoms with Gasteiger partial charge in [0.2, 0.25) is 0 Å². The number of aromatic nitrogens is 2. The highest BCUT2D eigenvalue weighted by Crippen LogP contribution is 2.20. The Hall–Kier alpha value is -3.15. The summed E-state index contributed by atoms with van der Waals surface area (Å²) >= 11 is 6.23. The van der Waals surface area contributed by atoms with Crippen molar-refractivity contribution in [3.63, 3.8) is 0 Å². The van der Waals surface area contributed by atoms with Crippen molar-refractivity contribution in [3.8, 4) is 5.75 Å². The topological polar surface area (TPSA) is 47.4 Å². The number of nitrogens with zero attached hydrogens (tertiary/aromatic N) is 3. The van der Waals surface area contributed by atoms with Crippen molar-refractivity contribution in [2.24, 2.45) is 0 Å². The zero-order valence-corrected chi connectivity index (χ0v) is 18.1. The van der Waals surface area contributed by atoms with Crippen molar-refractivity contribution in [2.75, 3.05) is 13.7 Å². The Morgan fingerprint density at radius 3 is 2.58 bits per heavy atom. The lowest BCUT2D eigenvalue weighted by atomic mass is 10.1. The van der Waals surface area contributed by atoms with Gasteiger partial charge in [-0.05, 0) is 54.9 Å². The van der Waals surface area contributed by atoms with Gasteiger partial charge in [0, 0.05) is 29.9 Å². The predicted molar refractivity (Wildman–Crippen MR) is 125 cm³/mol. The molecule has 2 heterocycles. The van der Waals surface area contributed by atoms with Crippen LogP contribution in [0.4, 0.5) is 0 Å². The summed E-state index contributed by atoms with van der Waals surface area (Å²) in [4.78, 5) is 19.8. The number of halogens is 1. The number of para-hydroxylation sites is 1. The molecule has 0 saturated heterocycles. The summed E-state index contributed by atoms with van der Waals surface area (Å²) in [6, 6.07) is 23.0. The van der Waals surface area contributed by atoms with Crippen LogP contribution in [-0.2, 0) is 19.6 Å². The van der Waals surface area contributed by atoms with E-state index in [1.807, 2.05) is 79.8 Å². The van der Waals surface area contributed by atoms with Gasteiger partial charge in [-0.25, -0.2) is 0 Å². The molecule has 0 atom stereocenters. The summed E-state index contributed by atoms with van der Waals surface area (Å²) < 4.78 is 7.59. The zero-order chi connectivity index (χ0) is 21.6. The smallest absolute Gasteiger partial charge is 0.255 e. The minimum atomic E-state index is -0.0284. The highest BCUT2D eigenvalue weighted by atomic mass is 35.5. The maximum Gasteiger partial charge on any atom is 0.255 e. The van der Waals surface area contributed by atoms with Gasteiger partial charge in [-0.1, -0.05) is 41.9 Å². The second kappa shape index (κ2) is 9.77. The van der Waals surface area contributed by atoms with Crippen molar-refractivity contribution in [2.45, 2.75) is 19.6 Å². The lowest BCUT2D eigenvalue weighted by Gasteiger charge is -2.18. The first-order chi connectivity index (χ1) is 15.1. The molecule has 6 heteroatoms. The Morgan fingerprint density at radius 2 is 1.81 bits per heavy atom. The van der Waals surface area contributed by atoms with Crippen molar-refractivity contribution >= 4 is 22.5 Å². The summed E-state index contributed by atoms with van der Waals surface area (Å²) in [6.07, 6.45) is 1.78. The zero-order valence-electron chi connectivity index (χ0n) is 17.4.